The fraction of sp³-hybridized carbons (Fsp3) is 0.688. The predicted molar refractivity (Wildman–Crippen MR) is 89.0 cm³/mol. The average Bonchev–Trinajstić information content (AvgIpc) is 2.90. The van der Waals surface area contributed by atoms with Crippen LogP contribution < -0.4 is 10.6 Å². The van der Waals surface area contributed by atoms with Gasteiger partial charge >= 0.3 is 0 Å². The second kappa shape index (κ2) is 9.29. The first kappa shape index (κ1) is 17.5. The number of nitrogens with zero attached hydrogens (tertiary/aromatic N) is 2. The molecule has 0 saturated carbocycles. The molecule has 0 aliphatic carbocycles. The molecular formula is C16H27N5O2. The van der Waals surface area contributed by atoms with Crippen LogP contribution in [0.4, 0.5) is 5.69 Å². The number of carbonyl (C=O) groups excluding carboxylic acids is 2. The number of aromatic nitrogens is 2. The normalized spacial score (nSPS) is 17.3. The molecule has 23 heavy (non-hydrogen) atoms. The van der Waals surface area contributed by atoms with Gasteiger partial charge in [-0.05, 0) is 39.3 Å². The van der Waals surface area contributed by atoms with Gasteiger partial charge in [-0.15, -0.1) is 0 Å². The summed E-state index contributed by atoms with van der Waals surface area (Å²) in [5.74, 6) is -0.0108. The van der Waals surface area contributed by atoms with Crippen molar-refractivity contribution in [2.24, 2.45) is 0 Å². The van der Waals surface area contributed by atoms with E-state index in [1.54, 1.807) is 12.4 Å². The smallest absolute Gasteiger partial charge is 0.237 e. The molecule has 1 fully saturated rings. The van der Waals surface area contributed by atoms with Gasteiger partial charge in [0, 0.05) is 19.2 Å². The van der Waals surface area contributed by atoms with Crippen molar-refractivity contribution in [2.75, 3.05) is 25.0 Å². The van der Waals surface area contributed by atoms with Crippen LogP contribution in [0.15, 0.2) is 12.4 Å². The van der Waals surface area contributed by atoms with E-state index in [2.05, 4.69) is 25.7 Å². The summed E-state index contributed by atoms with van der Waals surface area (Å²) in [6, 6.07) is -0.0899. The zero-order valence-corrected chi connectivity index (χ0v) is 13.8. The highest BCUT2D eigenvalue weighted by molar-refractivity contribution is 5.90. The topological polar surface area (TPSA) is 90.1 Å². The zero-order chi connectivity index (χ0) is 16.5. The molecule has 3 N–H and O–H groups in total. The minimum atomic E-state index is -0.0899. The van der Waals surface area contributed by atoms with Crippen LogP contribution in [0.1, 0.15) is 45.4 Å². The fourth-order valence-electron chi connectivity index (χ4n) is 2.80. The molecule has 2 amide bonds. The van der Waals surface area contributed by atoms with Crippen LogP contribution in [-0.2, 0) is 9.59 Å². The van der Waals surface area contributed by atoms with Crippen molar-refractivity contribution in [3.63, 3.8) is 0 Å². The van der Waals surface area contributed by atoms with Crippen molar-refractivity contribution in [1.29, 1.82) is 0 Å². The summed E-state index contributed by atoms with van der Waals surface area (Å²) in [5.41, 5.74) is 0.661. The lowest BCUT2D eigenvalue weighted by molar-refractivity contribution is -0.126. The number of hydrogen-bond donors (Lipinski definition) is 3. The van der Waals surface area contributed by atoms with Gasteiger partial charge in [0.2, 0.25) is 11.8 Å². The second-order valence-corrected chi connectivity index (χ2v) is 6.06. The van der Waals surface area contributed by atoms with Gasteiger partial charge in [0.15, 0.2) is 0 Å². The minimum absolute atomic E-state index is 0.0575. The molecule has 0 spiro atoms. The number of rotatable bonds is 7. The molecule has 1 aliphatic heterocycles. The molecule has 0 aromatic carbocycles. The zero-order valence-electron chi connectivity index (χ0n) is 13.8. The predicted octanol–water partition coefficient (Wildman–Crippen LogP) is 1.51. The number of aromatic amines is 1. The van der Waals surface area contributed by atoms with E-state index in [0.29, 0.717) is 25.1 Å². The number of likely N-dealkylation sites (tertiary alicyclic amines) is 1. The third kappa shape index (κ3) is 6.02. The van der Waals surface area contributed by atoms with Crippen molar-refractivity contribution in [1.82, 2.24) is 20.4 Å². The third-order valence-electron chi connectivity index (χ3n) is 4.23. The summed E-state index contributed by atoms with van der Waals surface area (Å²) in [4.78, 5) is 26.1. The molecule has 0 bridgehead atoms. The van der Waals surface area contributed by atoms with E-state index >= 15 is 0 Å². The molecule has 1 unspecified atom stereocenters. The molecule has 7 heteroatoms. The Kier molecular flexibility index (Phi) is 7.06. The lowest BCUT2D eigenvalue weighted by Crippen LogP contribution is -2.45. The van der Waals surface area contributed by atoms with Crippen LogP contribution in [0, 0.1) is 0 Å². The van der Waals surface area contributed by atoms with Crippen LogP contribution in [0.5, 0.6) is 0 Å². The van der Waals surface area contributed by atoms with Gasteiger partial charge in [0.1, 0.15) is 0 Å². The molecule has 7 nitrogen and oxygen atoms in total. The van der Waals surface area contributed by atoms with Crippen LogP contribution in [0.2, 0.25) is 0 Å². The number of anilines is 1. The lowest BCUT2D eigenvalue weighted by Gasteiger charge is -2.26. The first-order valence-electron chi connectivity index (χ1n) is 8.47. The largest absolute Gasteiger partial charge is 0.355 e. The van der Waals surface area contributed by atoms with Crippen LogP contribution in [0.25, 0.3) is 0 Å². The first-order chi connectivity index (χ1) is 11.2. The number of nitrogens with one attached hydrogen (secondary N) is 3. The Morgan fingerprint density at radius 3 is 2.70 bits per heavy atom. The highest BCUT2D eigenvalue weighted by atomic mass is 16.2. The van der Waals surface area contributed by atoms with E-state index in [1.165, 1.54) is 25.7 Å². The summed E-state index contributed by atoms with van der Waals surface area (Å²) < 4.78 is 0. The number of carbonyl (C=O) groups is 2. The summed E-state index contributed by atoms with van der Waals surface area (Å²) in [5, 5.41) is 12.1. The van der Waals surface area contributed by atoms with E-state index < -0.39 is 0 Å². The Morgan fingerprint density at radius 1 is 1.30 bits per heavy atom. The first-order valence-corrected chi connectivity index (χ1v) is 8.47. The molecule has 2 heterocycles. The summed E-state index contributed by atoms with van der Waals surface area (Å²) in [6.07, 6.45) is 9.06. The Morgan fingerprint density at radius 2 is 2.04 bits per heavy atom. The van der Waals surface area contributed by atoms with Gasteiger partial charge in [-0.3, -0.25) is 19.6 Å². The summed E-state index contributed by atoms with van der Waals surface area (Å²) in [7, 11) is 0. The Bertz CT molecular complexity index is 481. The number of amides is 2. The highest BCUT2D eigenvalue weighted by Gasteiger charge is 2.21. The van der Waals surface area contributed by atoms with E-state index in [9.17, 15) is 9.59 Å². The van der Waals surface area contributed by atoms with Gasteiger partial charge < -0.3 is 10.6 Å². The molecule has 1 atom stereocenters. The standard InChI is InChI=1S/C16H27N5O2/c1-13(21-9-4-2-3-5-10-21)16(23)17-8-6-7-15(22)20-14-11-18-19-12-14/h11-13H,2-10H2,1H3,(H,17,23)(H,18,19)(H,20,22). The van der Waals surface area contributed by atoms with Crippen LogP contribution >= 0.6 is 0 Å². The van der Waals surface area contributed by atoms with Gasteiger partial charge in [0.05, 0.1) is 17.9 Å². The van der Waals surface area contributed by atoms with Crippen molar-refractivity contribution >= 4 is 17.5 Å². The molecular weight excluding hydrogens is 294 g/mol. The molecule has 128 valence electrons. The van der Waals surface area contributed by atoms with Crippen molar-refractivity contribution in [3.8, 4) is 0 Å². The molecule has 1 aromatic rings. The Hall–Kier alpha value is -1.89. The SMILES string of the molecule is CC(C(=O)NCCCC(=O)Nc1cn[nH]c1)N1CCCCCC1. The van der Waals surface area contributed by atoms with E-state index in [1.807, 2.05) is 6.92 Å². The highest BCUT2D eigenvalue weighted by Crippen LogP contribution is 2.12. The molecule has 2 rings (SSSR count). The van der Waals surface area contributed by atoms with Crippen LogP contribution in [-0.4, -0.2) is 52.6 Å². The lowest BCUT2D eigenvalue weighted by atomic mass is 10.2. The third-order valence-corrected chi connectivity index (χ3v) is 4.23. The number of hydrogen-bond acceptors (Lipinski definition) is 4. The van der Waals surface area contributed by atoms with Gasteiger partial charge in [0.25, 0.3) is 0 Å². The quantitative estimate of drug-likeness (QED) is 0.664. The number of H-pyrrole nitrogens is 1. The average molecular weight is 321 g/mol. The van der Waals surface area contributed by atoms with Crippen molar-refractivity contribution < 1.29 is 9.59 Å². The Labute approximate surface area is 137 Å². The van der Waals surface area contributed by atoms with E-state index in [-0.39, 0.29) is 17.9 Å². The monoisotopic (exact) mass is 321 g/mol. The van der Waals surface area contributed by atoms with Gasteiger partial charge in [-0.2, -0.15) is 5.10 Å². The summed E-state index contributed by atoms with van der Waals surface area (Å²) >= 11 is 0. The summed E-state index contributed by atoms with van der Waals surface area (Å²) in [6.45, 7) is 4.49. The minimum Gasteiger partial charge on any atom is -0.355 e. The maximum Gasteiger partial charge on any atom is 0.237 e. The van der Waals surface area contributed by atoms with E-state index in [0.717, 1.165) is 13.1 Å². The molecule has 1 aliphatic rings. The maximum atomic E-state index is 12.2. The second-order valence-electron chi connectivity index (χ2n) is 6.06. The van der Waals surface area contributed by atoms with Crippen LogP contribution in [0.3, 0.4) is 0 Å². The van der Waals surface area contributed by atoms with E-state index in [4.69, 9.17) is 0 Å². The van der Waals surface area contributed by atoms with Crippen molar-refractivity contribution in [3.05, 3.63) is 12.4 Å². The van der Waals surface area contributed by atoms with Gasteiger partial charge in [-0.25, -0.2) is 0 Å². The van der Waals surface area contributed by atoms with Crippen molar-refractivity contribution in [2.45, 2.75) is 51.5 Å². The van der Waals surface area contributed by atoms with Gasteiger partial charge in [-0.1, -0.05) is 12.8 Å². The molecule has 1 saturated heterocycles. The maximum absolute atomic E-state index is 12.2. The Balaban J connectivity index is 1.61. The fourth-order valence-corrected chi connectivity index (χ4v) is 2.80. The molecule has 0 radical (unpaired) electrons. The molecule has 1 aromatic heterocycles.